The molecule has 0 bridgehead atoms. The molecular formula is C9H17N3O2. The third-order valence-electron chi connectivity index (χ3n) is 1.96. The van der Waals surface area contributed by atoms with Crippen LogP contribution in [0.2, 0.25) is 0 Å². The van der Waals surface area contributed by atoms with Crippen LogP contribution in [0.3, 0.4) is 0 Å². The molecule has 0 aliphatic heterocycles. The van der Waals surface area contributed by atoms with E-state index in [4.69, 9.17) is 15.0 Å². The van der Waals surface area contributed by atoms with E-state index in [2.05, 4.69) is 10.1 Å². The molecule has 0 amide bonds. The van der Waals surface area contributed by atoms with Gasteiger partial charge in [-0.05, 0) is 12.8 Å². The first kappa shape index (κ1) is 11.1. The fourth-order valence-corrected chi connectivity index (χ4v) is 1.22. The second-order valence-electron chi connectivity index (χ2n) is 3.68. The van der Waals surface area contributed by atoms with Crippen molar-refractivity contribution < 1.29 is 9.26 Å². The molecule has 2 N–H and O–H groups in total. The number of aromatic nitrogens is 2. The Hall–Kier alpha value is -0.940. The molecule has 2 atom stereocenters. The number of rotatable bonds is 4. The summed E-state index contributed by atoms with van der Waals surface area (Å²) in [6, 6.07) is -0.235. The maximum atomic E-state index is 5.61. The maximum Gasteiger partial charge on any atom is 0.243 e. The van der Waals surface area contributed by atoms with Crippen molar-refractivity contribution >= 4 is 0 Å². The third kappa shape index (κ3) is 2.30. The molecule has 0 aliphatic rings. The van der Waals surface area contributed by atoms with E-state index in [1.54, 1.807) is 14.0 Å². The number of hydrogen-bond donors (Lipinski definition) is 1. The summed E-state index contributed by atoms with van der Waals surface area (Å²) in [5, 5.41) is 3.84. The van der Waals surface area contributed by atoms with Crippen molar-refractivity contribution in [3.63, 3.8) is 0 Å². The first-order chi connectivity index (χ1) is 6.56. The third-order valence-corrected chi connectivity index (χ3v) is 1.96. The van der Waals surface area contributed by atoms with Gasteiger partial charge in [-0.3, -0.25) is 0 Å². The molecule has 1 heterocycles. The number of hydrogen-bond acceptors (Lipinski definition) is 5. The van der Waals surface area contributed by atoms with E-state index in [-0.39, 0.29) is 12.1 Å². The van der Waals surface area contributed by atoms with E-state index in [1.807, 2.05) is 13.8 Å². The average Bonchev–Trinajstić information content (AvgIpc) is 2.53. The maximum absolute atomic E-state index is 5.61. The molecule has 1 aromatic heterocycles. The quantitative estimate of drug-likeness (QED) is 0.794. The molecule has 80 valence electrons. The standard InChI is InChI=1S/C9H17N3O2/c1-5(2)7(13-4)8-11-9(6(3)10)14-12-8/h5-7H,10H2,1-4H3/t6-,7?/m1/s1. The van der Waals surface area contributed by atoms with Crippen LogP contribution in [0.25, 0.3) is 0 Å². The van der Waals surface area contributed by atoms with Gasteiger partial charge >= 0.3 is 0 Å². The van der Waals surface area contributed by atoms with E-state index < -0.39 is 0 Å². The second kappa shape index (κ2) is 4.52. The van der Waals surface area contributed by atoms with Crippen molar-refractivity contribution in [2.75, 3.05) is 7.11 Å². The molecule has 0 fully saturated rings. The molecule has 1 rings (SSSR count). The lowest BCUT2D eigenvalue weighted by atomic mass is 10.1. The first-order valence-electron chi connectivity index (χ1n) is 4.68. The Bertz CT molecular complexity index is 283. The predicted molar refractivity (Wildman–Crippen MR) is 51.5 cm³/mol. The van der Waals surface area contributed by atoms with Crippen LogP contribution in [-0.4, -0.2) is 17.3 Å². The van der Waals surface area contributed by atoms with Gasteiger partial charge in [0, 0.05) is 7.11 Å². The molecule has 5 heteroatoms. The molecule has 0 aromatic carbocycles. The highest BCUT2D eigenvalue weighted by atomic mass is 16.5. The van der Waals surface area contributed by atoms with Crippen LogP contribution in [0, 0.1) is 5.92 Å². The Balaban J connectivity index is 2.84. The lowest BCUT2D eigenvalue weighted by Crippen LogP contribution is -2.11. The van der Waals surface area contributed by atoms with Gasteiger partial charge in [-0.15, -0.1) is 0 Å². The van der Waals surface area contributed by atoms with Gasteiger partial charge in [0.15, 0.2) is 0 Å². The smallest absolute Gasteiger partial charge is 0.243 e. The minimum absolute atomic E-state index is 0.133. The topological polar surface area (TPSA) is 74.2 Å². The normalized spacial score (nSPS) is 15.9. The summed E-state index contributed by atoms with van der Waals surface area (Å²) in [6.07, 6.45) is -0.133. The minimum Gasteiger partial charge on any atom is -0.373 e. The van der Waals surface area contributed by atoms with Crippen molar-refractivity contribution in [1.82, 2.24) is 10.1 Å². The van der Waals surface area contributed by atoms with Crippen molar-refractivity contribution in [2.45, 2.75) is 32.9 Å². The average molecular weight is 199 g/mol. The van der Waals surface area contributed by atoms with E-state index >= 15 is 0 Å². The first-order valence-corrected chi connectivity index (χ1v) is 4.68. The van der Waals surface area contributed by atoms with Gasteiger partial charge in [0.25, 0.3) is 0 Å². The zero-order chi connectivity index (χ0) is 10.7. The van der Waals surface area contributed by atoms with Crippen LogP contribution >= 0.6 is 0 Å². The summed E-state index contributed by atoms with van der Waals surface area (Å²) in [7, 11) is 1.63. The van der Waals surface area contributed by atoms with E-state index in [0.29, 0.717) is 17.6 Å². The largest absolute Gasteiger partial charge is 0.373 e. The van der Waals surface area contributed by atoms with Crippen molar-refractivity contribution in [1.29, 1.82) is 0 Å². The zero-order valence-electron chi connectivity index (χ0n) is 9.02. The highest BCUT2D eigenvalue weighted by Gasteiger charge is 2.22. The Morgan fingerprint density at radius 2 is 2.00 bits per heavy atom. The van der Waals surface area contributed by atoms with Crippen LogP contribution in [0.15, 0.2) is 4.52 Å². The Labute approximate surface area is 83.6 Å². The summed E-state index contributed by atoms with van der Waals surface area (Å²) >= 11 is 0. The van der Waals surface area contributed by atoms with Gasteiger partial charge < -0.3 is 15.0 Å². The Morgan fingerprint density at radius 1 is 1.36 bits per heavy atom. The summed E-state index contributed by atoms with van der Waals surface area (Å²) < 4.78 is 10.3. The van der Waals surface area contributed by atoms with E-state index in [9.17, 15) is 0 Å². The van der Waals surface area contributed by atoms with E-state index in [0.717, 1.165) is 0 Å². The van der Waals surface area contributed by atoms with Crippen LogP contribution < -0.4 is 5.73 Å². The summed E-state index contributed by atoms with van der Waals surface area (Å²) in [5.41, 5.74) is 5.61. The van der Waals surface area contributed by atoms with Gasteiger partial charge in [0.05, 0.1) is 6.04 Å². The van der Waals surface area contributed by atoms with Gasteiger partial charge in [0.1, 0.15) is 6.10 Å². The number of ether oxygens (including phenoxy) is 1. The second-order valence-corrected chi connectivity index (χ2v) is 3.68. The fourth-order valence-electron chi connectivity index (χ4n) is 1.22. The van der Waals surface area contributed by atoms with Crippen molar-refractivity contribution in [2.24, 2.45) is 11.7 Å². The summed E-state index contributed by atoms with van der Waals surface area (Å²) in [4.78, 5) is 4.17. The van der Waals surface area contributed by atoms with Crippen LogP contribution in [0.4, 0.5) is 0 Å². The molecule has 5 nitrogen and oxygen atoms in total. The van der Waals surface area contributed by atoms with Gasteiger partial charge in [-0.25, -0.2) is 0 Å². The molecule has 1 aromatic rings. The molecule has 0 saturated heterocycles. The highest BCUT2D eigenvalue weighted by molar-refractivity contribution is 4.94. The van der Waals surface area contributed by atoms with Crippen LogP contribution in [0.1, 0.15) is 44.6 Å². The molecule has 0 aliphatic carbocycles. The molecule has 1 unspecified atom stereocenters. The zero-order valence-corrected chi connectivity index (χ0v) is 9.02. The highest BCUT2D eigenvalue weighted by Crippen LogP contribution is 2.22. The molecule has 0 spiro atoms. The molecule has 14 heavy (non-hydrogen) atoms. The summed E-state index contributed by atoms with van der Waals surface area (Å²) in [6.45, 7) is 5.88. The number of methoxy groups -OCH3 is 1. The Kier molecular flexibility index (Phi) is 3.60. The Morgan fingerprint density at radius 3 is 2.36 bits per heavy atom. The minimum atomic E-state index is -0.235. The van der Waals surface area contributed by atoms with Gasteiger partial charge in [-0.1, -0.05) is 19.0 Å². The molecule has 0 saturated carbocycles. The molecular weight excluding hydrogens is 182 g/mol. The number of nitrogens with two attached hydrogens (primary N) is 1. The van der Waals surface area contributed by atoms with Gasteiger partial charge in [0.2, 0.25) is 11.7 Å². The summed E-state index contributed by atoms with van der Waals surface area (Å²) in [5.74, 6) is 1.32. The van der Waals surface area contributed by atoms with Crippen LogP contribution in [-0.2, 0) is 4.74 Å². The lowest BCUT2D eigenvalue weighted by molar-refractivity contribution is 0.0555. The lowest BCUT2D eigenvalue weighted by Gasteiger charge is -2.14. The number of nitrogens with zero attached hydrogens (tertiary/aromatic N) is 2. The monoisotopic (exact) mass is 199 g/mol. The van der Waals surface area contributed by atoms with Crippen molar-refractivity contribution in [3.05, 3.63) is 11.7 Å². The SMILES string of the molecule is COC(c1noc([C@@H](C)N)n1)C(C)C. The van der Waals surface area contributed by atoms with Gasteiger partial charge in [-0.2, -0.15) is 4.98 Å². The molecule has 0 radical (unpaired) electrons. The fraction of sp³-hybridized carbons (Fsp3) is 0.778. The van der Waals surface area contributed by atoms with Crippen LogP contribution in [0.5, 0.6) is 0 Å². The predicted octanol–water partition coefficient (Wildman–Crippen LogP) is 1.43. The van der Waals surface area contributed by atoms with Crippen molar-refractivity contribution in [3.8, 4) is 0 Å². The van der Waals surface area contributed by atoms with E-state index in [1.165, 1.54) is 0 Å².